The van der Waals surface area contributed by atoms with Crippen LogP contribution in [0.3, 0.4) is 0 Å². The van der Waals surface area contributed by atoms with E-state index in [4.69, 9.17) is 0 Å². The van der Waals surface area contributed by atoms with Gasteiger partial charge in [0.05, 0.1) is 0 Å². The average molecular weight is 234 g/mol. The van der Waals surface area contributed by atoms with Crippen molar-refractivity contribution in [3.63, 3.8) is 0 Å². The van der Waals surface area contributed by atoms with Gasteiger partial charge in [0.25, 0.3) is 0 Å². The fourth-order valence-electron chi connectivity index (χ4n) is 1.05. The van der Waals surface area contributed by atoms with E-state index in [9.17, 15) is 0 Å². The van der Waals surface area contributed by atoms with E-state index in [-0.39, 0.29) is 0 Å². The smallest absolute Gasteiger partial charge is 0.0342 e. The Morgan fingerprint density at radius 1 is 0.875 bits per heavy atom. The topological polar surface area (TPSA) is 0 Å². The molecule has 0 unspecified atom stereocenters. The molecule has 0 bridgehead atoms. The summed E-state index contributed by atoms with van der Waals surface area (Å²) in [6.07, 6.45) is 1.25. The predicted octanol–water partition coefficient (Wildman–Crippen LogP) is 5.86. The van der Waals surface area contributed by atoms with Crippen LogP contribution >= 0.6 is 11.3 Å². The molecule has 2 aromatic rings. The zero-order valence-corrected chi connectivity index (χ0v) is 11.6. The van der Waals surface area contributed by atoms with Crippen molar-refractivity contribution >= 4 is 11.3 Å². The average Bonchev–Trinajstić information content (AvgIpc) is 2.87. The molecule has 1 aromatic carbocycles. The molecule has 0 aliphatic carbocycles. The molecule has 16 heavy (non-hydrogen) atoms. The molecule has 1 heterocycles. The third kappa shape index (κ3) is 5.72. The standard InChI is InChI=1S/C10H8S.C3H8.C2H6/c1-2-5-9(6-3-1)10-7-4-8-11-10;1-3-2;1-2/h1-8H;3H2,1-2H3;1-2H3. The van der Waals surface area contributed by atoms with Gasteiger partial charge in [0.1, 0.15) is 0 Å². The minimum atomic E-state index is 1.25. The highest BCUT2D eigenvalue weighted by Crippen LogP contribution is 2.23. The van der Waals surface area contributed by atoms with Crippen molar-refractivity contribution in [1.29, 1.82) is 0 Å². The van der Waals surface area contributed by atoms with Crippen molar-refractivity contribution in [3.8, 4) is 10.4 Å². The van der Waals surface area contributed by atoms with Gasteiger partial charge in [0.15, 0.2) is 0 Å². The fraction of sp³-hybridized carbons (Fsp3) is 0.333. The fourth-order valence-corrected chi connectivity index (χ4v) is 1.78. The van der Waals surface area contributed by atoms with E-state index in [2.05, 4.69) is 55.6 Å². The molecule has 0 aliphatic heterocycles. The summed E-state index contributed by atoms with van der Waals surface area (Å²) in [7, 11) is 0. The molecule has 0 saturated carbocycles. The summed E-state index contributed by atoms with van der Waals surface area (Å²) in [6, 6.07) is 14.6. The van der Waals surface area contributed by atoms with E-state index in [1.54, 1.807) is 11.3 Å². The van der Waals surface area contributed by atoms with Crippen molar-refractivity contribution in [2.75, 3.05) is 0 Å². The Bertz CT molecular complexity index is 322. The lowest BCUT2D eigenvalue weighted by Gasteiger charge is -1.93. The number of hydrogen-bond acceptors (Lipinski definition) is 1. The Morgan fingerprint density at radius 3 is 1.88 bits per heavy atom. The van der Waals surface area contributed by atoms with Crippen LogP contribution in [0.5, 0.6) is 0 Å². The van der Waals surface area contributed by atoms with E-state index >= 15 is 0 Å². The molecule has 0 N–H and O–H groups in total. The lowest BCUT2D eigenvalue weighted by atomic mass is 10.2. The van der Waals surface area contributed by atoms with Crippen LogP contribution in [-0.4, -0.2) is 0 Å². The summed E-state index contributed by atoms with van der Waals surface area (Å²) in [6.45, 7) is 8.25. The minimum Gasteiger partial charge on any atom is -0.144 e. The second-order valence-electron chi connectivity index (χ2n) is 3.05. The predicted molar refractivity (Wildman–Crippen MR) is 77.1 cm³/mol. The van der Waals surface area contributed by atoms with Crippen LogP contribution in [0.2, 0.25) is 0 Å². The van der Waals surface area contributed by atoms with Gasteiger partial charge in [-0.3, -0.25) is 0 Å². The van der Waals surface area contributed by atoms with Gasteiger partial charge in [-0.15, -0.1) is 11.3 Å². The van der Waals surface area contributed by atoms with Crippen molar-refractivity contribution in [1.82, 2.24) is 0 Å². The molecule has 2 rings (SSSR count). The second-order valence-corrected chi connectivity index (χ2v) is 4.00. The number of thiophene rings is 1. The quantitative estimate of drug-likeness (QED) is 0.580. The zero-order valence-electron chi connectivity index (χ0n) is 10.7. The van der Waals surface area contributed by atoms with Crippen molar-refractivity contribution < 1.29 is 0 Å². The molecular formula is C15H22S. The van der Waals surface area contributed by atoms with E-state index < -0.39 is 0 Å². The largest absolute Gasteiger partial charge is 0.144 e. The SMILES string of the molecule is CC.CCC.c1ccc(-c2cccs2)cc1. The first-order valence-corrected chi connectivity index (χ1v) is 6.85. The number of benzene rings is 1. The molecule has 0 spiro atoms. The Morgan fingerprint density at radius 2 is 1.44 bits per heavy atom. The molecule has 0 aliphatic rings. The molecule has 0 radical (unpaired) electrons. The maximum Gasteiger partial charge on any atom is 0.0342 e. The monoisotopic (exact) mass is 234 g/mol. The maximum atomic E-state index is 2.14. The van der Waals surface area contributed by atoms with Gasteiger partial charge in [0.2, 0.25) is 0 Å². The molecule has 0 atom stereocenters. The van der Waals surface area contributed by atoms with Crippen LogP contribution in [0.25, 0.3) is 10.4 Å². The molecule has 0 nitrogen and oxygen atoms in total. The first kappa shape index (κ1) is 14.9. The van der Waals surface area contributed by atoms with E-state index in [0.29, 0.717) is 0 Å². The van der Waals surface area contributed by atoms with Gasteiger partial charge in [-0.1, -0.05) is 70.5 Å². The maximum absolute atomic E-state index is 2.14. The molecule has 0 saturated heterocycles. The van der Waals surface area contributed by atoms with Crippen LogP contribution in [0.1, 0.15) is 34.1 Å². The van der Waals surface area contributed by atoms with Gasteiger partial charge in [-0.25, -0.2) is 0 Å². The molecule has 0 amide bonds. The summed E-state index contributed by atoms with van der Waals surface area (Å²) in [5.74, 6) is 0. The summed E-state index contributed by atoms with van der Waals surface area (Å²) in [5.41, 5.74) is 1.31. The first-order valence-electron chi connectivity index (χ1n) is 5.97. The minimum absolute atomic E-state index is 1.25. The lowest BCUT2D eigenvalue weighted by Crippen LogP contribution is -1.67. The van der Waals surface area contributed by atoms with Gasteiger partial charge in [0, 0.05) is 4.88 Å². The summed E-state index contributed by atoms with van der Waals surface area (Å²) < 4.78 is 0. The summed E-state index contributed by atoms with van der Waals surface area (Å²) in [5, 5.41) is 2.10. The second kappa shape index (κ2) is 10.4. The Kier molecular flexibility index (Phi) is 9.73. The molecule has 1 aromatic heterocycles. The van der Waals surface area contributed by atoms with Gasteiger partial charge in [-0.05, 0) is 17.0 Å². The van der Waals surface area contributed by atoms with E-state index in [0.717, 1.165) is 0 Å². The number of hydrogen-bond donors (Lipinski definition) is 0. The third-order valence-corrected chi connectivity index (χ3v) is 2.50. The van der Waals surface area contributed by atoms with Crippen LogP contribution in [0.15, 0.2) is 47.8 Å². The zero-order chi connectivity index (χ0) is 12.2. The molecule has 0 fully saturated rings. The van der Waals surface area contributed by atoms with Crippen LogP contribution < -0.4 is 0 Å². The summed E-state index contributed by atoms with van der Waals surface area (Å²) in [4.78, 5) is 1.34. The highest BCUT2D eigenvalue weighted by molar-refractivity contribution is 7.13. The van der Waals surface area contributed by atoms with Crippen LogP contribution in [-0.2, 0) is 0 Å². The molecular weight excluding hydrogens is 212 g/mol. The molecule has 88 valence electrons. The lowest BCUT2D eigenvalue weighted by molar-refractivity contribution is 1.09. The first-order chi connectivity index (χ1) is 7.88. The Hall–Kier alpha value is -1.08. The van der Waals surface area contributed by atoms with Crippen molar-refractivity contribution in [2.24, 2.45) is 0 Å². The van der Waals surface area contributed by atoms with E-state index in [1.807, 2.05) is 19.9 Å². The highest BCUT2D eigenvalue weighted by atomic mass is 32.1. The summed E-state index contributed by atoms with van der Waals surface area (Å²) >= 11 is 1.78. The van der Waals surface area contributed by atoms with Crippen molar-refractivity contribution in [3.05, 3.63) is 47.8 Å². The van der Waals surface area contributed by atoms with Crippen LogP contribution in [0, 0.1) is 0 Å². The third-order valence-electron chi connectivity index (χ3n) is 1.58. The Balaban J connectivity index is 0.000000394. The molecule has 1 heteroatoms. The van der Waals surface area contributed by atoms with Gasteiger partial charge >= 0.3 is 0 Å². The number of rotatable bonds is 1. The highest BCUT2D eigenvalue weighted by Gasteiger charge is 1.93. The Labute approximate surface area is 104 Å². The van der Waals surface area contributed by atoms with Crippen molar-refractivity contribution in [2.45, 2.75) is 34.1 Å². The van der Waals surface area contributed by atoms with Gasteiger partial charge in [-0.2, -0.15) is 0 Å². The normalized spacial score (nSPS) is 8.25. The van der Waals surface area contributed by atoms with Crippen LogP contribution in [0.4, 0.5) is 0 Å². The van der Waals surface area contributed by atoms with E-state index in [1.165, 1.54) is 16.9 Å². The van der Waals surface area contributed by atoms with Gasteiger partial charge < -0.3 is 0 Å².